The first kappa shape index (κ1) is 10.9. The van der Waals surface area contributed by atoms with E-state index in [9.17, 15) is 0 Å². The summed E-state index contributed by atoms with van der Waals surface area (Å²) in [5.74, 6) is 0. The molecule has 0 saturated heterocycles. The van der Waals surface area contributed by atoms with Gasteiger partial charge >= 0.3 is 0 Å². The summed E-state index contributed by atoms with van der Waals surface area (Å²) in [7, 11) is 0. The molecule has 0 aromatic heterocycles. The second-order valence-corrected chi connectivity index (χ2v) is 4.47. The zero-order valence-electron chi connectivity index (χ0n) is 10.0. The van der Waals surface area contributed by atoms with Gasteiger partial charge in [-0.2, -0.15) is 0 Å². The maximum atomic E-state index is 2.23. The van der Waals surface area contributed by atoms with Crippen molar-refractivity contribution >= 4 is 0 Å². The molecule has 2 rings (SSSR count). The predicted octanol–water partition coefficient (Wildman–Crippen LogP) is 4.09. The Kier molecular flexibility index (Phi) is 3.40. The normalized spacial score (nSPS) is 10.4. The highest BCUT2D eigenvalue weighted by Crippen LogP contribution is 2.09. The van der Waals surface area contributed by atoms with Crippen LogP contribution in [-0.4, -0.2) is 0 Å². The molecule has 16 heavy (non-hydrogen) atoms. The summed E-state index contributed by atoms with van der Waals surface area (Å²) in [5, 5.41) is 0. The first-order chi connectivity index (χ1) is 7.74. The fraction of sp³-hybridized carbons (Fsp3) is 0.250. The van der Waals surface area contributed by atoms with E-state index >= 15 is 0 Å². The van der Waals surface area contributed by atoms with Crippen molar-refractivity contribution in [1.82, 2.24) is 0 Å². The molecule has 2 aromatic carbocycles. The summed E-state index contributed by atoms with van der Waals surface area (Å²) in [6.45, 7) is 4.26. The standard InChI is InChI=1S/C16H18/c1-13-3-7-15(8-4-13)11-12-16-9-5-14(2)6-10-16/h3-10H,11-12H2,1-2H3. The molecular formula is C16H18. The van der Waals surface area contributed by atoms with Gasteiger partial charge < -0.3 is 0 Å². The number of hydrogen-bond acceptors (Lipinski definition) is 0. The minimum absolute atomic E-state index is 1.13. The fourth-order valence-corrected chi connectivity index (χ4v) is 1.80. The number of rotatable bonds is 3. The van der Waals surface area contributed by atoms with Crippen LogP contribution in [0.15, 0.2) is 48.5 Å². The second-order valence-electron chi connectivity index (χ2n) is 4.47. The lowest BCUT2D eigenvalue weighted by Crippen LogP contribution is -1.91. The van der Waals surface area contributed by atoms with Gasteiger partial charge in [0.2, 0.25) is 0 Å². The van der Waals surface area contributed by atoms with E-state index in [-0.39, 0.29) is 0 Å². The van der Waals surface area contributed by atoms with Crippen molar-refractivity contribution in [2.75, 3.05) is 0 Å². The third-order valence-corrected chi connectivity index (χ3v) is 2.94. The average molecular weight is 210 g/mol. The summed E-state index contributed by atoms with van der Waals surface area (Å²) >= 11 is 0. The summed E-state index contributed by atoms with van der Waals surface area (Å²) in [4.78, 5) is 0. The third-order valence-electron chi connectivity index (χ3n) is 2.94. The van der Waals surface area contributed by atoms with Crippen molar-refractivity contribution in [2.24, 2.45) is 0 Å². The molecule has 0 unspecified atom stereocenters. The van der Waals surface area contributed by atoms with Gasteiger partial charge in [0, 0.05) is 0 Å². The topological polar surface area (TPSA) is 0 Å². The van der Waals surface area contributed by atoms with Crippen LogP contribution >= 0.6 is 0 Å². The van der Waals surface area contributed by atoms with Crippen LogP contribution in [0, 0.1) is 13.8 Å². The zero-order valence-corrected chi connectivity index (χ0v) is 10.0. The quantitative estimate of drug-likeness (QED) is 0.715. The molecule has 2 aromatic rings. The van der Waals surface area contributed by atoms with E-state index < -0.39 is 0 Å². The molecule has 0 nitrogen and oxygen atoms in total. The van der Waals surface area contributed by atoms with Gasteiger partial charge in [-0.1, -0.05) is 59.7 Å². The van der Waals surface area contributed by atoms with E-state index in [0.717, 1.165) is 12.8 Å². The highest BCUT2D eigenvalue weighted by Gasteiger charge is 1.95. The van der Waals surface area contributed by atoms with Gasteiger partial charge in [0.15, 0.2) is 0 Å². The molecule has 0 saturated carbocycles. The Morgan fingerprint density at radius 1 is 0.562 bits per heavy atom. The SMILES string of the molecule is Cc1ccc(CCc2ccc(C)cc2)cc1. The first-order valence-electron chi connectivity index (χ1n) is 5.85. The van der Waals surface area contributed by atoms with Gasteiger partial charge in [-0.15, -0.1) is 0 Å². The molecule has 0 atom stereocenters. The Morgan fingerprint density at radius 2 is 0.875 bits per heavy atom. The fourth-order valence-electron chi connectivity index (χ4n) is 1.80. The molecule has 0 bridgehead atoms. The minimum Gasteiger partial charge on any atom is -0.0591 e. The van der Waals surface area contributed by atoms with Crippen molar-refractivity contribution in [3.8, 4) is 0 Å². The van der Waals surface area contributed by atoms with E-state index in [4.69, 9.17) is 0 Å². The largest absolute Gasteiger partial charge is 0.0591 e. The number of aryl methyl sites for hydroxylation is 4. The molecule has 0 aliphatic rings. The van der Waals surface area contributed by atoms with Crippen molar-refractivity contribution in [3.63, 3.8) is 0 Å². The Bertz CT molecular complexity index is 389. The molecule has 0 spiro atoms. The van der Waals surface area contributed by atoms with Crippen molar-refractivity contribution in [3.05, 3.63) is 70.8 Å². The predicted molar refractivity (Wildman–Crippen MR) is 69.8 cm³/mol. The highest BCUT2D eigenvalue weighted by molar-refractivity contribution is 5.25. The lowest BCUT2D eigenvalue weighted by molar-refractivity contribution is 0.958. The van der Waals surface area contributed by atoms with Crippen LogP contribution in [0.25, 0.3) is 0 Å². The molecule has 0 heterocycles. The van der Waals surface area contributed by atoms with Crippen LogP contribution in [0.2, 0.25) is 0 Å². The van der Waals surface area contributed by atoms with E-state index in [1.165, 1.54) is 22.3 Å². The van der Waals surface area contributed by atoms with Gasteiger partial charge in [0.1, 0.15) is 0 Å². The Labute approximate surface area is 97.9 Å². The van der Waals surface area contributed by atoms with Gasteiger partial charge in [0.05, 0.1) is 0 Å². The first-order valence-corrected chi connectivity index (χ1v) is 5.85. The summed E-state index contributed by atoms with van der Waals surface area (Å²) in [6.07, 6.45) is 2.26. The van der Waals surface area contributed by atoms with Crippen LogP contribution in [0.1, 0.15) is 22.3 Å². The van der Waals surface area contributed by atoms with Crippen molar-refractivity contribution in [1.29, 1.82) is 0 Å². The maximum Gasteiger partial charge on any atom is -0.0238 e. The van der Waals surface area contributed by atoms with E-state index in [1.54, 1.807) is 0 Å². The van der Waals surface area contributed by atoms with Gasteiger partial charge in [-0.05, 0) is 37.8 Å². The summed E-state index contributed by atoms with van der Waals surface area (Å²) in [6, 6.07) is 17.6. The lowest BCUT2D eigenvalue weighted by Gasteiger charge is -2.03. The summed E-state index contributed by atoms with van der Waals surface area (Å²) < 4.78 is 0. The molecule has 0 N–H and O–H groups in total. The summed E-state index contributed by atoms with van der Waals surface area (Å²) in [5.41, 5.74) is 5.51. The third kappa shape index (κ3) is 2.96. The van der Waals surface area contributed by atoms with Crippen molar-refractivity contribution < 1.29 is 0 Å². The van der Waals surface area contributed by atoms with Crippen LogP contribution in [0.3, 0.4) is 0 Å². The molecule has 0 heteroatoms. The molecular weight excluding hydrogens is 192 g/mol. The van der Waals surface area contributed by atoms with Gasteiger partial charge in [-0.3, -0.25) is 0 Å². The molecule has 82 valence electrons. The maximum absolute atomic E-state index is 2.23. The van der Waals surface area contributed by atoms with E-state index in [0.29, 0.717) is 0 Å². The minimum atomic E-state index is 1.13. The van der Waals surface area contributed by atoms with E-state index in [2.05, 4.69) is 62.4 Å². The second kappa shape index (κ2) is 4.98. The molecule has 0 amide bonds. The van der Waals surface area contributed by atoms with Crippen LogP contribution in [0.5, 0.6) is 0 Å². The molecule has 0 fully saturated rings. The lowest BCUT2D eigenvalue weighted by atomic mass is 10.0. The number of hydrogen-bond donors (Lipinski definition) is 0. The van der Waals surface area contributed by atoms with Crippen LogP contribution in [0.4, 0.5) is 0 Å². The Hall–Kier alpha value is -1.56. The van der Waals surface area contributed by atoms with Crippen LogP contribution in [-0.2, 0) is 12.8 Å². The van der Waals surface area contributed by atoms with Crippen molar-refractivity contribution in [2.45, 2.75) is 26.7 Å². The highest BCUT2D eigenvalue weighted by atomic mass is 14.0. The molecule has 0 aliphatic carbocycles. The molecule has 0 radical (unpaired) electrons. The Morgan fingerprint density at radius 3 is 1.19 bits per heavy atom. The molecule has 0 aliphatic heterocycles. The number of benzene rings is 2. The van der Waals surface area contributed by atoms with E-state index in [1.807, 2.05) is 0 Å². The average Bonchev–Trinajstić information content (AvgIpc) is 2.30. The smallest absolute Gasteiger partial charge is 0.0238 e. The monoisotopic (exact) mass is 210 g/mol. The van der Waals surface area contributed by atoms with Gasteiger partial charge in [-0.25, -0.2) is 0 Å². The van der Waals surface area contributed by atoms with Gasteiger partial charge in [0.25, 0.3) is 0 Å². The Balaban J connectivity index is 1.97. The van der Waals surface area contributed by atoms with Crippen LogP contribution < -0.4 is 0 Å². The zero-order chi connectivity index (χ0) is 11.4.